The monoisotopic (exact) mass is 338 g/mol. The minimum atomic E-state index is -3.38. The summed E-state index contributed by atoms with van der Waals surface area (Å²) in [5, 5.41) is 0. The lowest BCUT2D eigenvalue weighted by Crippen LogP contribution is -2.41. The molecule has 1 aromatic carbocycles. The maximum Gasteiger partial charge on any atom is 0.240 e. The van der Waals surface area contributed by atoms with Crippen molar-refractivity contribution >= 4 is 10.0 Å². The van der Waals surface area contributed by atoms with Gasteiger partial charge in [0.2, 0.25) is 10.0 Å². The molecule has 1 fully saturated rings. The van der Waals surface area contributed by atoms with Gasteiger partial charge in [-0.1, -0.05) is 25.5 Å². The molecule has 1 N–H and O–H groups in total. The van der Waals surface area contributed by atoms with Gasteiger partial charge in [-0.3, -0.25) is 0 Å². The maximum absolute atomic E-state index is 12.4. The molecule has 1 aromatic rings. The standard InChI is InChI=1S/C18H30N2O2S/c1-4-5-16-6-8-18(9-7-16)23(21,22)19-14-17-10-12-20(13-11-17)15(2)3/h6-9,15,17,19H,4-5,10-14H2,1-3H3. The molecule has 23 heavy (non-hydrogen) atoms. The summed E-state index contributed by atoms with van der Waals surface area (Å²) in [5.74, 6) is 0.444. The lowest BCUT2D eigenvalue weighted by molar-refractivity contribution is 0.151. The topological polar surface area (TPSA) is 49.4 Å². The fourth-order valence-corrected chi connectivity index (χ4v) is 4.22. The Morgan fingerprint density at radius 3 is 2.30 bits per heavy atom. The molecule has 1 heterocycles. The number of nitrogens with zero attached hydrogens (tertiary/aromatic N) is 1. The molecule has 0 amide bonds. The molecule has 0 aromatic heterocycles. The van der Waals surface area contributed by atoms with Crippen molar-refractivity contribution in [1.29, 1.82) is 0 Å². The molecule has 4 nitrogen and oxygen atoms in total. The molecular weight excluding hydrogens is 308 g/mol. The first-order valence-corrected chi connectivity index (χ1v) is 10.2. The van der Waals surface area contributed by atoms with Crippen molar-refractivity contribution < 1.29 is 8.42 Å². The van der Waals surface area contributed by atoms with Gasteiger partial charge in [-0.2, -0.15) is 0 Å². The summed E-state index contributed by atoms with van der Waals surface area (Å²) in [5.41, 5.74) is 1.19. The summed E-state index contributed by atoms with van der Waals surface area (Å²) in [6, 6.07) is 7.84. The first-order valence-electron chi connectivity index (χ1n) is 8.75. The number of piperidine rings is 1. The highest BCUT2D eigenvalue weighted by atomic mass is 32.2. The van der Waals surface area contributed by atoms with E-state index in [1.165, 1.54) is 5.56 Å². The van der Waals surface area contributed by atoms with Crippen molar-refractivity contribution in [2.45, 2.75) is 57.4 Å². The molecule has 1 aliphatic heterocycles. The smallest absolute Gasteiger partial charge is 0.240 e. The van der Waals surface area contributed by atoms with Gasteiger partial charge in [-0.15, -0.1) is 0 Å². The fourth-order valence-electron chi connectivity index (χ4n) is 3.11. The Kier molecular flexibility index (Phi) is 6.62. The van der Waals surface area contributed by atoms with Gasteiger partial charge in [0.05, 0.1) is 4.90 Å². The number of likely N-dealkylation sites (tertiary alicyclic amines) is 1. The van der Waals surface area contributed by atoms with Crippen LogP contribution in [0.5, 0.6) is 0 Å². The van der Waals surface area contributed by atoms with Crippen LogP contribution in [0.15, 0.2) is 29.2 Å². The lowest BCUT2D eigenvalue weighted by Gasteiger charge is -2.34. The molecule has 0 bridgehead atoms. The van der Waals surface area contributed by atoms with Gasteiger partial charge in [0.25, 0.3) is 0 Å². The Morgan fingerprint density at radius 2 is 1.78 bits per heavy atom. The zero-order valence-corrected chi connectivity index (χ0v) is 15.4. The minimum Gasteiger partial charge on any atom is -0.301 e. The van der Waals surface area contributed by atoms with E-state index in [1.807, 2.05) is 12.1 Å². The Balaban J connectivity index is 1.87. The molecular formula is C18H30N2O2S. The van der Waals surface area contributed by atoms with Crippen molar-refractivity contribution in [3.05, 3.63) is 29.8 Å². The van der Waals surface area contributed by atoms with Gasteiger partial charge in [-0.05, 0) is 69.8 Å². The third kappa shape index (κ3) is 5.30. The zero-order chi connectivity index (χ0) is 16.9. The van der Waals surface area contributed by atoms with Crippen LogP contribution in [0.1, 0.15) is 45.6 Å². The van der Waals surface area contributed by atoms with Crippen LogP contribution in [-0.4, -0.2) is 39.0 Å². The van der Waals surface area contributed by atoms with Gasteiger partial charge in [-0.25, -0.2) is 13.1 Å². The van der Waals surface area contributed by atoms with Gasteiger partial charge < -0.3 is 4.90 Å². The Bertz CT molecular complexity index is 574. The molecule has 5 heteroatoms. The first-order chi connectivity index (χ1) is 10.9. The Morgan fingerprint density at radius 1 is 1.17 bits per heavy atom. The summed E-state index contributed by atoms with van der Waals surface area (Å²) >= 11 is 0. The summed E-state index contributed by atoms with van der Waals surface area (Å²) < 4.78 is 27.6. The van der Waals surface area contributed by atoms with Gasteiger partial charge in [0.15, 0.2) is 0 Å². The van der Waals surface area contributed by atoms with Crippen molar-refractivity contribution in [2.24, 2.45) is 5.92 Å². The molecule has 0 atom stereocenters. The van der Waals surface area contributed by atoms with Gasteiger partial charge in [0.1, 0.15) is 0 Å². The van der Waals surface area contributed by atoms with Crippen LogP contribution in [0.4, 0.5) is 0 Å². The quantitative estimate of drug-likeness (QED) is 0.831. The van der Waals surface area contributed by atoms with Gasteiger partial charge >= 0.3 is 0 Å². The first kappa shape index (κ1) is 18.4. The van der Waals surface area contributed by atoms with Crippen molar-refractivity contribution in [1.82, 2.24) is 9.62 Å². The second-order valence-electron chi connectivity index (χ2n) is 6.82. The largest absolute Gasteiger partial charge is 0.301 e. The fraction of sp³-hybridized carbons (Fsp3) is 0.667. The number of benzene rings is 1. The van der Waals surface area contributed by atoms with Gasteiger partial charge in [0, 0.05) is 12.6 Å². The SMILES string of the molecule is CCCc1ccc(S(=O)(=O)NCC2CCN(C(C)C)CC2)cc1. The molecule has 130 valence electrons. The lowest BCUT2D eigenvalue weighted by atomic mass is 9.96. The number of hydrogen-bond donors (Lipinski definition) is 1. The average Bonchev–Trinajstić information content (AvgIpc) is 2.54. The maximum atomic E-state index is 12.4. The van der Waals surface area contributed by atoms with E-state index in [9.17, 15) is 8.42 Å². The summed E-state index contributed by atoms with van der Waals surface area (Å²) in [6.07, 6.45) is 4.19. The van der Waals surface area contributed by atoms with E-state index in [4.69, 9.17) is 0 Å². The molecule has 2 rings (SSSR count). The van der Waals surface area contributed by atoms with Crippen LogP contribution in [0.2, 0.25) is 0 Å². The second kappa shape index (κ2) is 8.27. The van der Waals surface area contributed by atoms with Crippen LogP contribution in [-0.2, 0) is 16.4 Å². The molecule has 0 aliphatic carbocycles. The molecule has 0 saturated carbocycles. The van der Waals surface area contributed by atoms with Crippen LogP contribution in [0.3, 0.4) is 0 Å². The van der Waals surface area contributed by atoms with E-state index in [0.29, 0.717) is 23.4 Å². The number of aryl methyl sites for hydroxylation is 1. The van der Waals surface area contributed by atoms with E-state index < -0.39 is 10.0 Å². The Labute approximate surface area is 141 Å². The van der Waals surface area contributed by atoms with Crippen LogP contribution >= 0.6 is 0 Å². The number of rotatable bonds is 7. The number of sulfonamides is 1. The van der Waals surface area contributed by atoms with Crippen molar-refractivity contribution in [3.8, 4) is 0 Å². The molecule has 0 spiro atoms. The van der Waals surface area contributed by atoms with Crippen molar-refractivity contribution in [2.75, 3.05) is 19.6 Å². The van der Waals surface area contributed by atoms with E-state index in [0.717, 1.165) is 38.8 Å². The van der Waals surface area contributed by atoms with Crippen molar-refractivity contribution in [3.63, 3.8) is 0 Å². The van der Waals surface area contributed by atoms with E-state index in [-0.39, 0.29) is 0 Å². The van der Waals surface area contributed by atoms with Crippen LogP contribution in [0.25, 0.3) is 0 Å². The van der Waals surface area contributed by atoms with E-state index in [1.54, 1.807) is 12.1 Å². The predicted molar refractivity (Wildman–Crippen MR) is 95.1 cm³/mol. The third-order valence-electron chi connectivity index (χ3n) is 4.71. The average molecular weight is 339 g/mol. The van der Waals surface area contributed by atoms with Crippen LogP contribution < -0.4 is 4.72 Å². The Hall–Kier alpha value is -0.910. The second-order valence-corrected chi connectivity index (χ2v) is 8.59. The summed E-state index contributed by atoms with van der Waals surface area (Å²) in [7, 11) is -3.38. The molecule has 0 unspecified atom stereocenters. The highest BCUT2D eigenvalue weighted by molar-refractivity contribution is 7.89. The van der Waals surface area contributed by atoms with Crippen LogP contribution in [0, 0.1) is 5.92 Å². The normalized spacial score (nSPS) is 17.7. The predicted octanol–water partition coefficient (Wildman–Crippen LogP) is 3.04. The van der Waals surface area contributed by atoms with E-state index in [2.05, 4.69) is 30.4 Å². The highest BCUT2D eigenvalue weighted by Gasteiger charge is 2.22. The molecule has 0 radical (unpaired) electrons. The summed E-state index contributed by atoms with van der Waals surface area (Å²) in [4.78, 5) is 2.83. The third-order valence-corrected chi connectivity index (χ3v) is 6.15. The molecule has 1 saturated heterocycles. The van der Waals surface area contributed by atoms with E-state index >= 15 is 0 Å². The zero-order valence-electron chi connectivity index (χ0n) is 14.6. The number of hydrogen-bond acceptors (Lipinski definition) is 3. The molecule has 1 aliphatic rings. The minimum absolute atomic E-state index is 0.372. The number of nitrogens with one attached hydrogen (secondary N) is 1. The summed E-state index contributed by atoms with van der Waals surface area (Å²) in [6.45, 7) is 9.23. The highest BCUT2D eigenvalue weighted by Crippen LogP contribution is 2.19.